The van der Waals surface area contributed by atoms with Crippen LogP contribution in [0.25, 0.3) is 0 Å². The summed E-state index contributed by atoms with van der Waals surface area (Å²) >= 11 is 0. The zero-order chi connectivity index (χ0) is 11.4. The zero-order valence-corrected chi connectivity index (χ0v) is 9.26. The fourth-order valence-electron chi connectivity index (χ4n) is 1.62. The van der Waals surface area contributed by atoms with Crippen LogP contribution in [-0.2, 0) is 16.1 Å². The quantitative estimate of drug-likeness (QED) is 0.776. The minimum absolute atomic E-state index is 0.138. The highest BCUT2D eigenvalue weighted by Gasteiger charge is 2.27. The largest absolute Gasteiger partial charge is 0.442 e. The number of likely N-dealkylation sites (N-methyl/N-ethyl adjacent to an activating group) is 1. The van der Waals surface area contributed by atoms with Crippen molar-refractivity contribution in [2.75, 3.05) is 20.2 Å². The van der Waals surface area contributed by atoms with E-state index in [1.54, 1.807) is 11.9 Å². The van der Waals surface area contributed by atoms with Crippen LogP contribution in [0.15, 0.2) is 30.3 Å². The summed E-state index contributed by atoms with van der Waals surface area (Å²) in [7, 11) is 1.72. The molecular formula is C12H15NO3. The van der Waals surface area contributed by atoms with Crippen molar-refractivity contribution in [1.29, 1.82) is 0 Å². The maximum atomic E-state index is 11.1. The Bertz CT molecular complexity index is 353. The van der Waals surface area contributed by atoms with E-state index in [1.807, 2.05) is 30.3 Å². The van der Waals surface area contributed by atoms with Gasteiger partial charge in [0.05, 0.1) is 19.8 Å². The first-order valence-corrected chi connectivity index (χ1v) is 5.29. The lowest BCUT2D eigenvalue weighted by Crippen LogP contribution is -2.22. The Morgan fingerprint density at radius 2 is 2.19 bits per heavy atom. The van der Waals surface area contributed by atoms with Crippen molar-refractivity contribution in [2.45, 2.75) is 12.7 Å². The zero-order valence-electron chi connectivity index (χ0n) is 9.26. The van der Waals surface area contributed by atoms with Crippen LogP contribution in [0, 0.1) is 0 Å². The van der Waals surface area contributed by atoms with E-state index in [0.29, 0.717) is 19.8 Å². The van der Waals surface area contributed by atoms with Gasteiger partial charge in [-0.3, -0.25) is 0 Å². The summed E-state index contributed by atoms with van der Waals surface area (Å²) in [4.78, 5) is 12.6. The van der Waals surface area contributed by atoms with Crippen LogP contribution in [0.2, 0.25) is 0 Å². The van der Waals surface area contributed by atoms with Crippen molar-refractivity contribution in [1.82, 2.24) is 4.90 Å². The van der Waals surface area contributed by atoms with Gasteiger partial charge in [0, 0.05) is 7.05 Å². The highest BCUT2D eigenvalue weighted by atomic mass is 16.6. The lowest BCUT2D eigenvalue weighted by atomic mass is 10.2. The summed E-state index contributed by atoms with van der Waals surface area (Å²) in [5.74, 6) is 0. The summed E-state index contributed by atoms with van der Waals surface area (Å²) in [6.45, 7) is 1.61. The Hall–Kier alpha value is -1.55. The molecule has 1 aliphatic heterocycles. The average molecular weight is 221 g/mol. The number of benzene rings is 1. The van der Waals surface area contributed by atoms with Gasteiger partial charge in [-0.2, -0.15) is 0 Å². The van der Waals surface area contributed by atoms with Gasteiger partial charge >= 0.3 is 6.09 Å². The third kappa shape index (κ3) is 2.73. The molecule has 1 fully saturated rings. The first-order valence-electron chi connectivity index (χ1n) is 5.29. The highest BCUT2D eigenvalue weighted by Crippen LogP contribution is 2.10. The normalized spacial score (nSPS) is 19.9. The molecule has 1 saturated heterocycles. The molecule has 0 spiro atoms. The molecule has 4 heteroatoms. The van der Waals surface area contributed by atoms with Gasteiger partial charge in [0.25, 0.3) is 0 Å². The van der Waals surface area contributed by atoms with Gasteiger partial charge in [0.15, 0.2) is 0 Å². The number of hydrogen-bond donors (Lipinski definition) is 0. The second-order valence-corrected chi connectivity index (χ2v) is 3.89. The van der Waals surface area contributed by atoms with E-state index >= 15 is 0 Å². The molecule has 4 nitrogen and oxygen atoms in total. The van der Waals surface area contributed by atoms with Crippen LogP contribution >= 0.6 is 0 Å². The summed E-state index contributed by atoms with van der Waals surface area (Å²) in [5, 5.41) is 0. The third-order valence-electron chi connectivity index (χ3n) is 2.47. The van der Waals surface area contributed by atoms with E-state index in [2.05, 4.69) is 0 Å². The molecule has 1 aromatic rings. The summed E-state index contributed by atoms with van der Waals surface area (Å²) in [5.41, 5.74) is 1.13. The molecule has 0 radical (unpaired) electrons. The van der Waals surface area contributed by atoms with Gasteiger partial charge in [0.1, 0.15) is 6.10 Å². The minimum atomic E-state index is -0.270. The Balaban J connectivity index is 1.71. The van der Waals surface area contributed by atoms with E-state index in [-0.39, 0.29) is 12.2 Å². The molecule has 1 amide bonds. The number of hydrogen-bond acceptors (Lipinski definition) is 3. The first-order chi connectivity index (χ1) is 7.75. The lowest BCUT2D eigenvalue weighted by Gasteiger charge is -2.08. The molecule has 0 N–H and O–H groups in total. The predicted octanol–water partition coefficient (Wildman–Crippen LogP) is 1.65. The molecule has 1 aromatic carbocycles. The van der Waals surface area contributed by atoms with Crippen LogP contribution in [0.5, 0.6) is 0 Å². The predicted molar refractivity (Wildman–Crippen MR) is 59.0 cm³/mol. The molecule has 0 bridgehead atoms. The summed E-state index contributed by atoms with van der Waals surface area (Å²) < 4.78 is 10.6. The fraction of sp³-hybridized carbons (Fsp3) is 0.417. The van der Waals surface area contributed by atoms with Crippen molar-refractivity contribution in [3.8, 4) is 0 Å². The van der Waals surface area contributed by atoms with E-state index in [4.69, 9.17) is 9.47 Å². The monoisotopic (exact) mass is 221 g/mol. The molecule has 2 rings (SSSR count). The smallest absolute Gasteiger partial charge is 0.410 e. The highest BCUT2D eigenvalue weighted by molar-refractivity contribution is 5.69. The molecule has 1 unspecified atom stereocenters. The number of rotatable bonds is 4. The van der Waals surface area contributed by atoms with Crippen LogP contribution in [-0.4, -0.2) is 37.3 Å². The molecule has 0 aliphatic carbocycles. The summed E-state index contributed by atoms with van der Waals surface area (Å²) in [6.07, 6.45) is -0.408. The molecule has 1 heterocycles. The van der Waals surface area contributed by atoms with Crippen LogP contribution in [0.4, 0.5) is 4.79 Å². The lowest BCUT2D eigenvalue weighted by molar-refractivity contribution is 0.0381. The molecule has 0 saturated carbocycles. The number of carbonyl (C=O) groups is 1. The molecule has 16 heavy (non-hydrogen) atoms. The maximum Gasteiger partial charge on any atom is 0.410 e. The Labute approximate surface area is 94.8 Å². The Morgan fingerprint density at radius 1 is 1.44 bits per heavy atom. The second-order valence-electron chi connectivity index (χ2n) is 3.89. The van der Waals surface area contributed by atoms with Crippen LogP contribution in [0.3, 0.4) is 0 Å². The maximum absolute atomic E-state index is 11.1. The number of cyclic esters (lactones) is 1. The number of carbonyl (C=O) groups excluding carboxylic acids is 1. The average Bonchev–Trinajstić information content (AvgIpc) is 2.60. The third-order valence-corrected chi connectivity index (χ3v) is 2.47. The van der Waals surface area contributed by atoms with Gasteiger partial charge in [-0.1, -0.05) is 30.3 Å². The summed E-state index contributed by atoms with van der Waals surface area (Å²) in [6, 6.07) is 9.93. The second kappa shape index (κ2) is 4.99. The van der Waals surface area contributed by atoms with Crippen molar-refractivity contribution in [2.24, 2.45) is 0 Å². The first kappa shape index (κ1) is 11.0. The van der Waals surface area contributed by atoms with Crippen molar-refractivity contribution in [3.05, 3.63) is 35.9 Å². The van der Waals surface area contributed by atoms with Crippen molar-refractivity contribution >= 4 is 6.09 Å². The van der Waals surface area contributed by atoms with E-state index in [1.165, 1.54) is 0 Å². The van der Waals surface area contributed by atoms with Gasteiger partial charge < -0.3 is 14.4 Å². The van der Waals surface area contributed by atoms with E-state index in [9.17, 15) is 4.79 Å². The SMILES string of the molecule is CN1CC(COCc2ccccc2)OC1=O. The van der Waals surface area contributed by atoms with Crippen molar-refractivity contribution < 1.29 is 14.3 Å². The Kier molecular flexibility index (Phi) is 3.41. The van der Waals surface area contributed by atoms with Gasteiger partial charge in [-0.25, -0.2) is 4.79 Å². The Morgan fingerprint density at radius 3 is 2.81 bits per heavy atom. The number of amides is 1. The van der Waals surface area contributed by atoms with Crippen LogP contribution < -0.4 is 0 Å². The van der Waals surface area contributed by atoms with E-state index in [0.717, 1.165) is 5.56 Å². The molecule has 86 valence electrons. The van der Waals surface area contributed by atoms with Gasteiger partial charge in [-0.15, -0.1) is 0 Å². The molecule has 1 atom stereocenters. The van der Waals surface area contributed by atoms with E-state index < -0.39 is 0 Å². The van der Waals surface area contributed by atoms with Crippen molar-refractivity contribution in [3.63, 3.8) is 0 Å². The van der Waals surface area contributed by atoms with Crippen LogP contribution in [0.1, 0.15) is 5.56 Å². The molecular weight excluding hydrogens is 206 g/mol. The number of ether oxygens (including phenoxy) is 2. The molecule has 1 aliphatic rings. The fourth-order valence-corrected chi connectivity index (χ4v) is 1.62. The standard InChI is InChI=1S/C12H15NO3/c1-13-7-11(16-12(13)14)9-15-8-10-5-3-2-4-6-10/h2-6,11H,7-9H2,1H3. The minimum Gasteiger partial charge on any atom is -0.442 e. The van der Waals surface area contributed by atoms with Gasteiger partial charge in [-0.05, 0) is 5.56 Å². The number of nitrogens with zero attached hydrogens (tertiary/aromatic N) is 1. The van der Waals surface area contributed by atoms with Gasteiger partial charge in [0.2, 0.25) is 0 Å². The molecule has 0 aromatic heterocycles. The topological polar surface area (TPSA) is 38.8 Å².